The van der Waals surface area contributed by atoms with E-state index in [0.29, 0.717) is 47.8 Å². The third-order valence-corrected chi connectivity index (χ3v) is 8.30. The largest absolute Gasteiger partial charge is 0.493 e. The van der Waals surface area contributed by atoms with Crippen molar-refractivity contribution in [3.63, 3.8) is 0 Å². The fourth-order valence-corrected chi connectivity index (χ4v) is 6.08. The van der Waals surface area contributed by atoms with Crippen molar-refractivity contribution in [1.82, 2.24) is 15.1 Å². The van der Waals surface area contributed by atoms with Crippen molar-refractivity contribution in [2.24, 2.45) is 0 Å². The molecule has 3 aromatic rings. The van der Waals surface area contributed by atoms with E-state index in [1.165, 1.54) is 10.5 Å². The summed E-state index contributed by atoms with van der Waals surface area (Å²) in [5, 5.41) is 12.2. The predicted octanol–water partition coefficient (Wildman–Crippen LogP) is 2.14. The van der Waals surface area contributed by atoms with Gasteiger partial charge in [-0.15, -0.1) is 0 Å². The number of anilines is 2. The van der Waals surface area contributed by atoms with Gasteiger partial charge in [0.2, 0.25) is 0 Å². The lowest BCUT2D eigenvalue weighted by atomic mass is 10.2. The zero-order valence-corrected chi connectivity index (χ0v) is 20.7. The Kier molecular flexibility index (Phi) is 6.63. The van der Waals surface area contributed by atoms with Crippen LogP contribution in [0.25, 0.3) is 10.9 Å². The predicted molar refractivity (Wildman–Crippen MR) is 133 cm³/mol. The maximum absolute atomic E-state index is 14.1. The highest BCUT2D eigenvalue weighted by atomic mass is 32.2. The van der Waals surface area contributed by atoms with Crippen LogP contribution in [0.4, 0.5) is 11.4 Å². The van der Waals surface area contributed by atoms with Gasteiger partial charge in [-0.05, 0) is 36.2 Å². The molecule has 1 fully saturated rings. The Balaban J connectivity index is 1.60. The molecule has 186 valence electrons. The number of sulfonamides is 1. The number of benzene rings is 2. The van der Waals surface area contributed by atoms with Gasteiger partial charge in [-0.3, -0.25) is 9.21 Å². The van der Waals surface area contributed by atoms with Gasteiger partial charge in [-0.25, -0.2) is 8.42 Å². The van der Waals surface area contributed by atoms with Gasteiger partial charge in [0, 0.05) is 49.9 Å². The van der Waals surface area contributed by atoms with Crippen LogP contribution in [0.1, 0.15) is 5.56 Å². The number of nitrogens with one attached hydrogen (secondary N) is 1. The second-order valence-corrected chi connectivity index (χ2v) is 10.3. The Bertz CT molecular complexity index is 1330. The van der Waals surface area contributed by atoms with Crippen molar-refractivity contribution in [2.45, 2.75) is 11.3 Å². The summed E-state index contributed by atoms with van der Waals surface area (Å²) in [6, 6.07) is 8.73. The Morgan fingerprint density at radius 2 is 1.89 bits per heavy atom. The van der Waals surface area contributed by atoms with Crippen LogP contribution in [0, 0.1) is 0 Å². The van der Waals surface area contributed by atoms with Crippen molar-refractivity contribution >= 4 is 32.3 Å². The quantitative estimate of drug-likeness (QED) is 0.499. The van der Waals surface area contributed by atoms with Gasteiger partial charge in [0.15, 0.2) is 11.5 Å². The summed E-state index contributed by atoms with van der Waals surface area (Å²) < 4.78 is 45.9. The maximum atomic E-state index is 14.1. The van der Waals surface area contributed by atoms with E-state index >= 15 is 0 Å². The topological polar surface area (TPSA) is 106 Å². The fraction of sp³-hybridized carbons (Fsp3) is 0.417. The minimum Gasteiger partial charge on any atom is -0.493 e. The molecular weight excluding hydrogens is 470 g/mol. The summed E-state index contributed by atoms with van der Waals surface area (Å²) in [7, 11) is -0.806. The second kappa shape index (κ2) is 9.84. The van der Waals surface area contributed by atoms with E-state index in [1.54, 1.807) is 38.5 Å². The number of hydrogen-bond donors (Lipinski definition) is 1. The SMILES string of the molecule is COc1cc2nncc(N(CCN3CCOCC3)S(=O)(=O)c3ccc4c(c3)CCN4)c2cc1OC. The number of morpholine rings is 1. The van der Waals surface area contributed by atoms with E-state index in [-0.39, 0.29) is 11.4 Å². The average molecular weight is 500 g/mol. The molecule has 0 radical (unpaired) electrons. The summed E-state index contributed by atoms with van der Waals surface area (Å²) >= 11 is 0. The molecule has 0 atom stereocenters. The molecule has 2 aromatic carbocycles. The molecule has 0 aliphatic carbocycles. The highest BCUT2D eigenvalue weighted by molar-refractivity contribution is 7.92. The molecule has 0 unspecified atom stereocenters. The summed E-state index contributed by atoms with van der Waals surface area (Å²) in [4.78, 5) is 2.46. The molecule has 1 N–H and O–H groups in total. The highest BCUT2D eigenvalue weighted by Gasteiger charge is 2.29. The van der Waals surface area contributed by atoms with E-state index in [0.717, 1.165) is 37.3 Å². The van der Waals surface area contributed by atoms with Crippen molar-refractivity contribution < 1.29 is 22.6 Å². The maximum Gasteiger partial charge on any atom is 0.264 e. The summed E-state index contributed by atoms with van der Waals surface area (Å²) in [6.07, 6.45) is 2.29. The zero-order valence-electron chi connectivity index (χ0n) is 19.9. The Morgan fingerprint density at radius 3 is 2.66 bits per heavy atom. The first kappa shape index (κ1) is 23.6. The monoisotopic (exact) mass is 499 g/mol. The second-order valence-electron chi connectivity index (χ2n) is 8.48. The van der Waals surface area contributed by atoms with Gasteiger partial charge in [0.1, 0.15) is 0 Å². The van der Waals surface area contributed by atoms with E-state index in [1.807, 2.05) is 6.07 Å². The third kappa shape index (κ3) is 4.58. The van der Waals surface area contributed by atoms with Crippen molar-refractivity contribution in [2.75, 3.05) is 69.8 Å². The number of hydrogen-bond acceptors (Lipinski definition) is 9. The van der Waals surface area contributed by atoms with Crippen LogP contribution in [0.15, 0.2) is 41.4 Å². The Hall–Kier alpha value is -3.15. The average Bonchev–Trinajstić information content (AvgIpc) is 3.36. The lowest BCUT2D eigenvalue weighted by Gasteiger charge is -2.31. The number of nitrogens with zero attached hydrogens (tertiary/aromatic N) is 4. The number of methoxy groups -OCH3 is 2. The molecule has 0 amide bonds. The molecule has 3 heterocycles. The normalized spacial score (nSPS) is 16.1. The standard InChI is InChI=1S/C24H29N5O5S/c1-32-23-14-19-21(15-24(23)33-2)27-26-16-22(19)29(8-7-28-9-11-34-12-10-28)35(30,31)18-3-4-20-17(13-18)5-6-25-20/h3-4,13-16,25H,5-12H2,1-2H3. The van der Waals surface area contributed by atoms with E-state index in [4.69, 9.17) is 14.2 Å². The number of aromatic nitrogens is 2. The first-order valence-corrected chi connectivity index (χ1v) is 13.0. The smallest absolute Gasteiger partial charge is 0.264 e. The van der Waals surface area contributed by atoms with Crippen LogP contribution in [0.2, 0.25) is 0 Å². The van der Waals surface area contributed by atoms with Crippen LogP contribution >= 0.6 is 0 Å². The van der Waals surface area contributed by atoms with Crippen LogP contribution < -0.4 is 19.1 Å². The van der Waals surface area contributed by atoms with Crippen LogP contribution in [0.3, 0.4) is 0 Å². The summed E-state index contributed by atoms with van der Waals surface area (Å²) in [5.74, 6) is 0.990. The van der Waals surface area contributed by atoms with Gasteiger partial charge >= 0.3 is 0 Å². The third-order valence-electron chi connectivity index (χ3n) is 6.49. The lowest BCUT2D eigenvalue weighted by Crippen LogP contribution is -2.43. The number of ether oxygens (including phenoxy) is 3. The Morgan fingerprint density at radius 1 is 1.11 bits per heavy atom. The zero-order chi connectivity index (χ0) is 24.4. The molecule has 0 bridgehead atoms. The minimum absolute atomic E-state index is 0.257. The Labute approximate surface area is 204 Å². The summed E-state index contributed by atoms with van der Waals surface area (Å²) in [6.45, 7) is 4.43. The molecule has 0 saturated carbocycles. The van der Waals surface area contributed by atoms with Gasteiger partial charge < -0.3 is 19.5 Å². The highest BCUT2D eigenvalue weighted by Crippen LogP contribution is 2.37. The van der Waals surface area contributed by atoms with Crippen molar-refractivity contribution in [3.05, 3.63) is 42.1 Å². The van der Waals surface area contributed by atoms with Gasteiger partial charge in [0.05, 0.1) is 49.7 Å². The van der Waals surface area contributed by atoms with E-state index in [9.17, 15) is 8.42 Å². The fourth-order valence-electron chi connectivity index (χ4n) is 4.57. The molecule has 11 heteroatoms. The van der Waals surface area contributed by atoms with Gasteiger partial charge in [-0.1, -0.05) is 0 Å². The van der Waals surface area contributed by atoms with E-state index in [2.05, 4.69) is 20.4 Å². The molecule has 2 aliphatic heterocycles. The molecular formula is C24H29N5O5S. The lowest BCUT2D eigenvalue weighted by molar-refractivity contribution is 0.0395. The first-order chi connectivity index (χ1) is 17.0. The molecule has 1 aromatic heterocycles. The molecule has 35 heavy (non-hydrogen) atoms. The summed E-state index contributed by atoms with van der Waals surface area (Å²) in [5.41, 5.74) is 2.95. The molecule has 10 nitrogen and oxygen atoms in total. The van der Waals surface area contributed by atoms with Crippen LogP contribution in [-0.2, 0) is 21.2 Å². The van der Waals surface area contributed by atoms with Gasteiger partial charge in [0.25, 0.3) is 10.0 Å². The number of fused-ring (bicyclic) bond motifs is 2. The van der Waals surface area contributed by atoms with Crippen molar-refractivity contribution in [3.8, 4) is 11.5 Å². The number of rotatable bonds is 8. The minimum atomic E-state index is -3.90. The van der Waals surface area contributed by atoms with Gasteiger partial charge in [-0.2, -0.15) is 10.2 Å². The van der Waals surface area contributed by atoms with Crippen LogP contribution in [0.5, 0.6) is 11.5 Å². The van der Waals surface area contributed by atoms with Crippen LogP contribution in [-0.4, -0.2) is 83.7 Å². The molecule has 1 saturated heterocycles. The molecule has 2 aliphatic rings. The molecule has 0 spiro atoms. The van der Waals surface area contributed by atoms with Crippen molar-refractivity contribution in [1.29, 1.82) is 0 Å². The van der Waals surface area contributed by atoms with E-state index < -0.39 is 10.0 Å². The first-order valence-electron chi connectivity index (χ1n) is 11.6. The molecule has 5 rings (SSSR count).